The van der Waals surface area contributed by atoms with Crippen LogP contribution in [-0.2, 0) is 28.6 Å². The largest absolute Gasteiger partial charge is 0.461 e. The van der Waals surface area contributed by atoms with Crippen LogP contribution in [0, 0.1) is 5.41 Å². The zero-order chi connectivity index (χ0) is 18.2. The molecule has 0 heterocycles. The van der Waals surface area contributed by atoms with Gasteiger partial charge in [0.2, 0.25) is 0 Å². The minimum Gasteiger partial charge on any atom is -0.461 e. The van der Waals surface area contributed by atoms with Gasteiger partial charge < -0.3 is 19.3 Å². The number of esters is 3. The van der Waals surface area contributed by atoms with Crippen LogP contribution in [0.25, 0.3) is 0 Å². The highest BCUT2D eigenvalue weighted by atomic mass is 16.6. The molecular weight excluding hydrogens is 304 g/mol. The molecular formula is C16H24O7. The van der Waals surface area contributed by atoms with Crippen molar-refractivity contribution in [2.24, 2.45) is 5.41 Å². The van der Waals surface area contributed by atoms with Gasteiger partial charge in [0.25, 0.3) is 0 Å². The predicted octanol–water partition coefficient (Wildman–Crippen LogP) is 1.50. The van der Waals surface area contributed by atoms with Crippen molar-refractivity contribution >= 4 is 17.9 Å². The number of carbonyl (C=O) groups excluding carboxylic acids is 3. The Morgan fingerprint density at radius 1 is 1.04 bits per heavy atom. The lowest BCUT2D eigenvalue weighted by Gasteiger charge is -2.27. The topological polar surface area (TPSA) is 99.1 Å². The average molecular weight is 328 g/mol. The van der Waals surface area contributed by atoms with E-state index in [1.54, 1.807) is 6.92 Å². The third-order valence-electron chi connectivity index (χ3n) is 2.83. The highest BCUT2D eigenvalue weighted by molar-refractivity contribution is 5.88. The van der Waals surface area contributed by atoms with Gasteiger partial charge in [-0.1, -0.05) is 20.1 Å². The van der Waals surface area contributed by atoms with Gasteiger partial charge in [0.1, 0.15) is 18.6 Å². The first-order valence-corrected chi connectivity index (χ1v) is 7.08. The summed E-state index contributed by atoms with van der Waals surface area (Å²) in [7, 11) is 0. The van der Waals surface area contributed by atoms with Crippen molar-refractivity contribution in [2.75, 3.05) is 13.2 Å². The van der Waals surface area contributed by atoms with Crippen molar-refractivity contribution < 1.29 is 33.7 Å². The number of hydrogen-bond acceptors (Lipinski definition) is 7. The molecule has 0 amide bonds. The molecule has 0 saturated carbocycles. The second-order valence-corrected chi connectivity index (χ2v) is 5.54. The van der Waals surface area contributed by atoms with E-state index >= 15 is 0 Å². The van der Waals surface area contributed by atoms with Gasteiger partial charge in [-0.05, 0) is 20.8 Å². The Kier molecular flexibility index (Phi) is 8.24. The van der Waals surface area contributed by atoms with Crippen LogP contribution in [0.4, 0.5) is 0 Å². The van der Waals surface area contributed by atoms with Crippen LogP contribution >= 0.6 is 0 Å². The normalized spacial score (nSPS) is 12.0. The zero-order valence-electron chi connectivity index (χ0n) is 14.0. The lowest BCUT2D eigenvalue weighted by Crippen LogP contribution is -2.42. The molecule has 0 saturated heterocycles. The Bertz CT molecular complexity index is 463. The van der Waals surface area contributed by atoms with Crippen molar-refractivity contribution in [3.8, 4) is 0 Å². The maximum atomic E-state index is 12.2. The summed E-state index contributed by atoms with van der Waals surface area (Å²) in [6, 6.07) is 0. The van der Waals surface area contributed by atoms with Gasteiger partial charge in [-0.15, -0.1) is 0 Å². The maximum Gasteiger partial charge on any atom is 0.333 e. The molecule has 0 aliphatic rings. The van der Waals surface area contributed by atoms with E-state index < -0.39 is 42.8 Å². The van der Waals surface area contributed by atoms with Gasteiger partial charge in [-0.25, -0.2) is 9.59 Å². The summed E-state index contributed by atoms with van der Waals surface area (Å²) in [5, 5.41) is 9.44. The number of ether oxygens (including phenoxy) is 3. The number of hydrogen-bond donors (Lipinski definition) is 1. The number of rotatable bonds is 9. The summed E-state index contributed by atoms with van der Waals surface area (Å²) in [6.45, 7) is 12.0. The summed E-state index contributed by atoms with van der Waals surface area (Å²) < 4.78 is 14.8. The van der Waals surface area contributed by atoms with Crippen LogP contribution in [0.3, 0.4) is 0 Å². The smallest absolute Gasteiger partial charge is 0.333 e. The Morgan fingerprint density at radius 3 is 1.74 bits per heavy atom. The lowest BCUT2D eigenvalue weighted by molar-refractivity contribution is -0.187. The first-order valence-electron chi connectivity index (χ1n) is 7.08. The molecule has 23 heavy (non-hydrogen) atoms. The molecule has 1 N–H and O–H groups in total. The Hall–Kier alpha value is -2.15. The molecule has 7 heteroatoms. The van der Waals surface area contributed by atoms with Gasteiger partial charge in [-0.3, -0.25) is 4.79 Å². The zero-order valence-corrected chi connectivity index (χ0v) is 14.0. The Morgan fingerprint density at radius 2 is 1.43 bits per heavy atom. The Balaban J connectivity index is 5.05. The summed E-state index contributed by atoms with van der Waals surface area (Å²) in [5.74, 6) is -2.23. The van der Waals surface area contributed by atoms with E-state index in [1.807, 2.05) is 0 Å². The third kappa shape index (κ3) is 7.10. The molecule has 1 unspecified atom stereocenters. The van der Waals surface area contributed by atoms with Crippen LogP contribution in [0.15, 0.2) is 24.3 Å². The molecule has 1 atom stereocenters. The van der Waals surface area contributed by atoms with Crippen molar-refractivity contribution in [3.05, 3.63) is 24.3 Å². The summed E-state index contributed by atoms with van der Waals surface area (Å²) in [4.78, 5) is 35.2. The van der Waals surface area contributed by atoms with E-state index in [0.717, 1.165) is 0 Å². The van der Waals surface area contributed by atoms with Crippen molar-refractivity contribution in [1.29, 1.82) is 0 Å². The number of aliphatic hydroxyl groups excluding tert-OH is 1. The van der Waals surface area contributed by atoms with Crippen molar-refractivity contribution in [2.45, 2.75) is 40.4 Å². The van der Waals surface area contributed by atoms with Gasteiger partial charge in [-0.2, -0.15) is 0 Å². The fraction of sp³-hybridized carbons (Fsp3) is 0.562. The molecule has 0 fully saturated rings. The fourth-order valence-electron chi connectivity index (χ4n) is 1.20. The summed E-state index contributed by atoms with van der Waals surface area (Å²) >= 11 is 0. The van der Waals surface area contributed by atoms with Crippen LogP contribution in [-0.4, -0.2) is 42.5 Å². The van der Waals surface area contributed by atoms with Gasteiger partial charge >= 0.3 is 17.9 Å². The average Bonchev–Trinajstić information content (AvgIpc) is 2.49. The van der Waals surface area contributed by atoms with Gasteiger partial charge in [0, 0.05) is 17.6 Å². The first-order chi connectivity index (χ1) is 10.5. The highest BCUT2D eigenvalue weighted by Crippen LogP contribution is 2.22. The van der Waals surface area contributed by atoms with Crippen molar-refractivity contribution in [3.63, 3.8) is 0 Å². The monoisotopic (exact) mass is 328 g/mol. The third-order valence-corrected chi connectivity index (χ3v) is 2.83. The molecule has 0 aliphatic carbocycles. The molecule has 0 aromatic rings. The van der Waals surface area contributed by atoms with Crippen LogP contribution in [0.2, 0.25) is 0 Å². The SMILES string of the molecule is C=C(C)C(=O)OCC(C)(COC(=O)C(=C)C)C(=O)OC(O)CC. The van der Waals surface area contributed by atoms with E-state index in [9.17, 15) is 19.5 Å². The summed E-state index contributed by atoms with van der Waals surface area (Å²) in [6.07, 6.45) is -1.10. The molecule has 130 valence electrons. The maximum absolute atomic E-state index is 12.2. The quantitative estimate of drug-likeness (QED) is 0.296. The Labute approximate surface area is 135 Å². The minimum absolute atomic E-state index is 0.160. The molecule has 0 rings (SSSR count). The van der Waals surface area contributed by atoms with E-state index in [4.69, 9.17) is 14.2 Å². The van der Waals surface area contributed by atoms with E-state index in [-0.39, 0.29) is 17.6 Å². The van der Waals surface area contributed by atoms with E-state index in [0.29, 0.717) is 0 Å². The van der Waals surface area contributed by atoms with Crippen LogP contribution in [0.1, 0.15) is 34.1 Å². The lowest BCUT2D eigenvalue weighted by atomic mass is 9.93. The molecule has 0 bridgehead atoms. The van der Waals surface area contributed by atoms with Gasteiger partial charge in [0.05, 0.1) is 0 Å². The molecule has 0 aliphatic heterocycles. The van der Waals surface area contributed by atoms with E-state index in [1.165, 1.54) is 20.8 Å². The first kappa shape index (κ1) is 20.9. The predicted molar refractivity (Wildman–Crippen MR) is 82.0 cm³/mol. The van der Waals surface area contributed by atoms with Crippen molar-refractivity contribution in [1.82, 2.24) is 0 Å². The summed E-state index contributed by atoms with van der Waals surface area (Å²) in [5.41, 5.74) is -1.15. The standard InChI is InChI=1S/C16H24O7/c1-7-12(17)23-15(20)16(6,8-21-13(18)10(2)3)9-22-14(19)11(4)5/h12,17H,2,4,7-9H2,1,3,5-6H3. The number of carbonyl (C=O) groups is 3. The second-order valence-electron chi connectivity index (χ2n) is 5.54. The number of aliphatic hydroxyl groups is 1. The highest BCUT2D eigenvalue weighted by Gasteiger charge is 2.39. The van der Waals surface area contributed by atoms with Crippen LogP contribution in [0.5, 0.6) is 0 Å². The molecule has 0 aromatic heterocycles. The van der Waals surface area contributed by atoms with Gasteiger partial charge in [0.15, 0.2) is 6.29 Å². The fourth-order valence-corrected chi connectivity index (χ4v) is 1.20. The minimum atomic E-state index is -1.47. The molecule has 0 spiro atoms. The molecule has 7 nitrogen and oxygen atoms in total. The molecule has 0 aromatic carbocycles. The second kappa shape index (κ2) is 9.09. The van der Waals surface area contributed by atoms with Crippen LogP contribution < -0.4 is 0 Å². The van der Waals surface area contributed by atoms with E-state index in [2.05, 4.69) is 13.2 Å². The molecule has 0 radical (unpaired) electrons.